The van der Waals surface area contributed by atoms with E-state index in [1.807, 2.05) is 0 Å². The van der Waals surface area contributed by atoms with Crippen molar-refractivity contribution in [2.24, 2.45) is 0 Å². The molecule has 6 nitrogen and oxygen atoms in total. The molecule has 0 saturated heterocycles. The summed E-state index contributed by atoms with van der Waals surface area (Å²) in [4.78, 5) is 20.8. The van der Waals surface area contributed by atoms with Gasteiger partial charge in [0.15, 0.2) is 0 Å². The maximum absolute atomic E-state index is 13.6. The molecule has 1 rings (SSSR count). The number of hydrogen-bond acceptors (Lipinski definition) is 5. The minimum atomic E-state index is -1.07. The summed E-state index contributed by atoms with van der Waals surface area (Å²) in [6.07, 6.45) is 0. The Balaban J connectivity index is 3.20. The molecule has 0 aromatic heterocycles. The molecule has 0 aliphatic carbocycles. The van der Waals surface area contributed by atoms with E-state index in [2.05, 4.69) is 26.0 Å². The van der Waals surface area contributed by atoms with Gasteiger partial charge in [0, 0.05) is 0 Å². The van der Waals surface area contributed by atoms with Crippen molar-refractivity contribution in [2.75, 3.05) is 19.0 Å². The Morgan fingerprint density at radius 3 is 2.83 bits per heavy atom. The molecule has 0 heterocycles. The van der Waals surface area contributed by atoms with Gasteiger partial charge in [-0.2, -0.15) is 4.39 Å². The molecule has 0 aliphatic heterocycles. The molecule has 1 aromatic rings. The lowest BCUT2D eigenvalue weighted by atomic mass is 10.2. The van der Waals surface area contributed by atoms with Crippen LogP contribution in [-0.4, -0.2) is 24.5 Å². The molecular formula is C9H7BrClFN2O4. The number of benzene rings is 1. The number of anilines is 1. The van der Waals surface area contributed by atoms with Gasteiger partial charge in [0.1, 0.15) is 12.2 Å². The van der Waals surface area contributed by atoms with Gasteiger partial charge in [-0.15, -0.1) is 0 Å². The van der Waals surface area contributed by atoms with Crippen LogP contribution in [-0.2, 0) is 9.53 Å². The highest BCUT2D eigenvalue weighted by Gasteiger charge is 2.26. The summed E-state index contributed by atoms with van der Waals surface area (Å²) in [6.45, 7) is -0.363. The van der Waals surface area contributed by atoms with Crippen LogP contribution in [0.5, 0.6) is 0 Å². The first kappa shape index (κ1) is 14.7. The van der Waals surface area contributed by atoms with Gasteiger partial charge in [-0.05, 0) is 22.0 Å². The third kappa shape index (κ3) is 3.08. The molecule has 98 valence electrons. The highest BCUT2D eigenvalue weighted by molar-refractivity contribution is 9.10. The fourth-order valence-corrected chi connectivity index (χ4v) is 1.97. The van der Waals surface area contributed by atoms with Crippen LogP contribution in [0.2, 0.25) is 5.02 Å². The largest absolute Gasteiger partial charge is 0.468 e. The molecule has 0 fully saturated rings. The number of rotatable bonds is 4. The Hall–Kier alpha value is -1.41. The van der Waals surface area contributed by atoms with E-state index in [9.17, 15) is 19.3 Å². The average molecular weight is 342 g/mol. The zero-order chi connectivity index (χ0) is 13.9. The second kappa shape index (κ2) is 5.96. The van der Waals surface area contributed by atoms with Gasteiger partial charge in [-0.1, -0.05) is 11.6 Å². The molecule has 0 saturated carbocycles. The van der Waals surface area contributed by atoms with Gasteiger partial charge in [0.05, 0.1) is 21.5 Å². The van der Waals surface area contributed by atoms with Crippen molar-refractivity contribution in [1.82, 2.24) is 0 Å². The predicted molar refractivity (Wildman–Crippen MR) is 66.3 cm³/mol. The first-order valence-electron chi connectivity index (χ1n) is 4.51. The third-order valence-corrected chi connectivity index (χ3v) is 2.84. The van der Waals surface area contributed by atoms with Gasteiger partial charge in [0.2, 0.25) is 5.82 Å². The highest BCUT2D eigenvalue weighted by Crippen LogP contribution is 2.38. The second-order valence-electron chi connectivity index (χ2n) is 3.06. The third-order valence-electron chi connectivity index (χ3n) is 1.97. The van der Waals surface area contributed by atoms with E-state index in [-0.39, 0.29) is 21.7 Å². The number of carbonyl (C=O) groups excluding carboxylic acids is 1. The van der Waals surface area contributed by atoms with Crippen molar-refractivity contribution in [1.29, 1.82) is 0 Å². The number of nitro groups is 1. The quantitative estimate of drug-likeness (QED) is 0.394. The number of methoxy groups -OCH3 is 1. The van der Waals surface area contributed by atoms with Crippen LogP contribution < -0.4 is 5.32 Å². The van der Waals surface area contributed by atoms with E-state index < -0.39 is 22.4 Å². The lowest BCUT2D eigenvalue weighted by Crippen LogP contribution is -2.16. The summed E-state index contributed by atoms with van der Waals surface area (Å²) < 4.78 is 17.8. The molecule has 1 N–H and O–H groups in total. The standard InChI is InChI=1S/C9H7BrClFN2O4/c1-18-6(15)3-13-8-5(11)2-4(10)7(12)9(8)14(16)17/h2,13H,3H2,1H3. The van der Waals surface area contributed by atoms with Crippen molar-refractivity contribution in [2.45, 2.75) is 0 Å². The van der Waals surface area contributed by atoms with E-state index in [4.69, 9.17) is 11.6 Å². The fourth-order valence-electron chi connectivity index (χ4n) is 1.16. The van der Waals surface area contributed by atoms with Crippen LogP contribution in [0.3, 0.4) is 0 Å². The number of esters is 1. The maximum atomic E-state index is 13.6. The van der Waals surface area contributed by atoms with Crippen molar-refractivity contribution in [3.05, 3.63) is 31.5 Å². The molecule has 0 spiro atoms. The van der Waals surface area contributed by atoms with Crippen LogP contribution in [0.25, 0.3) is 0 Å². The molecule has 0 unspecified atom stereocenters. The molecule has 18 heavy (non-hydrogen) atoms. The topological polar surface area (TPSA) is 81.5 Å². The molecular weight excluding hydrogens is 334 g/mol. The average Bonchev–Trinajstić information content (AvgIpc) is 2.30. The summed E-state index contributed by atoms with van der Waals surface area (Å²) in [5.74, 6) is -1.74. The zero-order valence-electron chi connectivity index (χ0n) is 9.00. The molecule has 0 atom stereocenters. The molecule has 0 bridgehead atoms. The number of nitro benzene ring substituents is 1. The summed E-state index contributed by atoms with van der Waals surface area (Å²) in [7, 11) is 1.15. The molecule has 9 heteroatoms. The lowest BCUT2D eigenvalue weighted by molar-refractivity contribution is -0.386. The van der Waals surface area contributed by atoms with Crippen molar-refractivity contribution < 1.29 is 18.8 Å². The summed E-state index contributed by atoms with van der Waals surface area (Å²) in [6, 6.07) is 1.16. The minimum absolute atomic E-state index is 0.0844. The summed E-state index contributed by atoms with van der Waals surface area (Å²) >= 11 is 8.57. The maximum Gasteiger partial charge on any atom is 0.330 e. The fraction of sp³-hybridized carbons (Fsp3) is 0.222. The van der Waals surface area contributed by atoms with Crippen molar-refractivity contribution in [3.8, 4) is 0 Å². The lowest BCUT2D eigenvalue weighted by Gasteiger charge is -2.09. The number of nitrogens with one attached hydrogen (secondary N) is 1. The van der Waals surface area contributed by atoms with Crippen LogP contribution in [0, 0.1) is 15.9 Å². The van der Waals surface area contributed by atoms with Crippen molar-refractivity contribution in [3.63, 3.8) is 0 Å². The first-order chi connectivity index (χ1) is 8.38. The van der Waals surface area contributed by atoms with Crippen LogP contribution in [0.4, 0.5) is 15.8 Å². The minimum Gasteiger partial charge on any atom is -0.468 e. The Kier molecular flexibility index (Phi) is 4.85. The second-order valence-corrected chi connectivity index (χ2v) is 4.33. The Labute approximate surface area is 114 Å². The predicted octanol–water partition coefficient (Wildman–Crippen LogP) is 2.73. The number of carbonyl (C=O) groups is 1. The van der Waals surface area contributed by atoms with Gasteiger partial charge in [-0.3, -0.25) is 14.9 Å². The van der Waals surface area contributed by atoms with Gasteiger partial charge < -0.3 is 10.1 Å². The van der Waals surface area contributed by atoms with Gasteiger partial charge >= 0.3 is 11.7 Å². The normalized spacial score (nSPS) is 10.0. The van der Waals surface area contributed by atoms with Gasteiger partial charge in [0.25, 0.3) is 0 Å². The monoisotopic (exact) mass is 340 g/mol. The van der Waals surface area contributed by atoms with Crippen molar-refractivity contribution >= 4 is 44.9 Å². The van der Waals surface area contributed by atoms with E-state index in [1.54, 1.807) is 0 Å². The van der Waals surface area contributed by atoms with Crippen LogP contribution in [0.1, 0.15) is 0 Å². The van der Waals surface area contributed by atoms with E-state index in [1.165, 1.54) is 0 Å². The molecule has 1 aromatic carbocycles. The SMILES string of the molecule is COC(=O)CNc1c(Cl)cc(Br)c(F)c1[N+](=O)[O-]. The van der Waals surface area contributed by atoms with Crippen LogP contribution >= 0.6 is 27.5 Å². The smallest absolute Gasteiger partial charge is 0.330 e. The number of ether oxygens (including phenoxy) is 1. The Morgan fingerprint density at radius 1 is 1.72 bits per heavy atom. The van der Waals surface area contributed by atoms with Crippen LogP contribution in [0.15, 0.2) is 10.5 Å². The number of halogens is 3. The van der Waals surface area contributed by atoms with Gasteiger partial charge in [-0.25, -0.2) is 0 Å². The van der Waals surface area contributed by atoms with E-state index in [0.717, 1.165) is 13.2 Å². The zero-order valence-corrected chi connectivity index (χ0v) is 11.3. The number of nitrogens with zero attached hydrogens (tertiary/aromatic N) is 1. The number of hydrogen-bond donors (Lipinski definition) is 1. The first-order valence-corrected chi connectivity index (χ1v) is 5.68. The van der Waals surface area contributed by atoms with E-state index in [0.29, 0.717) is 0 Å². The summed E-state index contributed by atoms with van der Waals surface area (Å²) in [5.41, 5.74) is -1.11. The summed E-state index contributed by atoms with van der Waals surface area (Å²) in [5, 5.41) is 13.1. The molecule has 0 radical (unpaired) electrons. The van der Waals surface area contributed by atoms with E-state index >= 15 is 0 Å². The highest BCUT2D eigenvalue weighted by atomic mass is 79.9. The Morgan fingerprint density at radius 2 is 2.33 bits per heavy atom. The molecule has 0 aliphatic rings. The Bertz CT molecular complexity index is 512. The molecule has 0 amide bonds.